The van der Waals surface area contributed by atoms with Crippen molar-refractivity contribution in [3.05, 3.63) is 35.5 Å². The molecule has 1 fully saturated rings. The first-order chi connectivity index (χ1) is 12.2. The van der Waals surface area contributed by atoms with Gasteiger partial charge in [0.2, 0.25) is 0 Å². The Bertz CT molecular complexity index is 727. The molecule has 26 heavy (non-hydrogen) atoms. The maximum absolute atomic E-state index is 12.4. The zero-order valence-electron chi connectivity index (χ0n) is 14.6. The minimum atomic E-state index is -4.73. The summed E-state index contributed by atoms with van der Waals surface area (Å²) in [7, 11) is 0. The number of benzene rings is 1. The highest BCUT2D eigenvalue weighted by Crippen LogP contribution is 2.31. The summed E-state index contributed by atoms with van der Waals surface area (Å²) >= 11 is 0. The molecule has 0 aliphatic carbocycles. The van der Waals surface area contributed by atoms with Gasteiger partial charge in [-0.15, -0.1) is 13.2 Å². The first-order valence-electron chi connectivity index (χ1n) is 8.34. The molecule has 142 valence electrons. The lowest BCUT2D eigenvalue weighted by atomic mass is 10.1. The molecule has 5 nitrogen and oxygen atoms in total. The predicted octanol–water partition coefficient (Wildman–Crippen LogP) is 4.66. The van der Waals surface area contributed by atoms with E-state index in [1.165, 1.54) is 12.1 Å². The number of alkyl halides is 3. The van der Waals surface area contributed by atoms with E-state index in [9.17, 15) is 18.0 Å². The summed E-state index contributed by atoms with van der Waals surface area (Å²) in [5, 5.41) is 8.97. The molecule has 1 aliphatic heterocycles. The number of halogens is 3. The number of rotatable bonds is 6. The van der Waals surface area contributed by atoms with Crippen molar-refractivity contribution < 1.29 is 27.8 Å². The van der Waals surface area contributed by atoms with Crippen molar-refractivity contribution in [1.29, 1.82) is 0 Å². The molecule has 0 saturated carbocycles. The molecule has 1 aromatic carbocycles. The van der Waals surface area contributed by atoms with E-state index in [-0.39, 0.29) is 5.75 Å². The number of allylic oxidation sites excluding steroid dienone is 1. The molecule has 0 atom stereocenters. The minimum absolute atomic E-state index is 0.270. The van der Waals surface area contributed by atoms with Crippen molar-refractivity contribution in [3.63, 3.8) is 0 Å². The number of ether oxygens (including phenoxy) is 1. The maximum Gasteiger partial charge on any atom is 0.573 e. The third-order valence-electron chi connectivity index (χ3n) is 3.86. The number of nitrogens with zero attached hydrogens (tertiary/aromatic N) is 2. The number of carboxylic acid groups (broad SMARTS) is 1. The number of aliphatic imine (C=N–C) groups is 1. The zero-order valence-corrected chi connectivity index (χ0v) is 14.6. The SMILES string of the molecule is CCCC(=CC(=O)O)N=C1CCCN1c1ccc(OC(F)(F)F)cc1C. The Labute approximate surface area is 149 Å². The van der Waals surface area contributed by atoms with Crippen molar-refractivity contribution in [1.82, 2.24) is 0 Å². The summed E-state index contributed by atoms with van der Waals surface area (Å²) in [6.07, 6.45) is -0.809. The number of carbonyl (C=O) groups is 1. The lowest BCUT2D eigenvalue weighted by Crippen LogP contribution is -2.25. The quantitative estimate of drug-likeness (QED) is 0.740. The Balaban J connectivity index is 2.29. The first-order valence-corrected chi connectivity index (χ1v) is 8.34. The molecule has 1 aromatic rings. The zero-order chi connectivity index (χ0) is 19.3. The highest BCUT2D eigenvalue weighted by atomic mass is 19.4. The Morgan fingerprint density at radius 3 is 2.73 bits per heavy atom. The van der Waals surface area contributed by atoms with Crippen molar-refractivity contribution in [2.45, 2.75) is 45.9 Å². The Kier molecular flexibility index (Phi) is 6.28. The van der Waals surface area contributed by atoms with Gasteiger partial charge < -0.3 is 14.7 Å². The molecule has 0 radical (unpaired) electrons. The van der Waals surface area contributed by atoms with Crippen LogP contribution in [-0.2, 0) is 4.79 Å². The average molecular weight is 370 g/mol. The Morgan fingerprint density at radius 2 is 2.15 bits per heavy atom. The summed E-state index contributed by atoms with van der Waals surface area (Å²) in [6.45, 7) is 4.31. The Morgan fingerprint density at radius 1 is 1.42 bits per heavy atom. The summed E-state index contributed by atoms with van der Waals surface area (Å²) in [5.41, 5.74) is 1.85. The molecule has 0 aromatic heterocycles. The molecule has 0 amide bonds. The van der Waals surface area contributed by atoms with Gasteiger partial charge in [-0.3, -0.25) is 0 Å². The Hall–Kier alpha value is -2.51. The van der Waals surface area contributed by atoms with E-state index in [0.29, 0.717) is 30.6 Å². The van der Waals surface area contributed by atoms with Crippen molar-refractivity contribution in [2.24, 2.45) is 4.99 Å². The second-order valence-corrected chi connectivity index (χ2v) is 6.00. The van der Waals surface area contributed by atoms with Crippen LogP contribution in [0.2, 0.25) is 0 Å². The minimum Gasteiger partial charge on any atom is -0.478 e. The first kappa shape index (κ1) is 19.8. The fourth-order valence-corrected chi connectivity index (χ4v) is 2.89. The van der Waals surface area contributed by atoms with Crippen LogP contribution in [0.1, 0.15) is 38.2 Å². The highest BCUT2D eigenvalue weighted by Gasteiger charge is 2.31. The van der Waals surface area contributed by atoms with Gasteiger partial charge >= 0.3 is 12.3 Å². The molecule has 0 unspecified atom stereocenters. The van der Waals surface area contributed by atoms with E-state index < -0.39 is 12.3 Å². The smallest absolute Gasteiger partial charge is 0.478 e. The molecule has 1 N–H and O–H groups in total. The van der Waals surface area contributed by atoms with E-state index in [1.54, 1.807) is 13.0 Å². The lowest BCUT2D eigenvalue weighted by molar-refractivity contribution is -0.274. The van der Waals surface area contributed by atoms with Gasteiger partial charge in [0.25, 0.3) is 0 Å². The summed E-state index contributed by atoms with van der Waals surface area (Å²) in [5.74, 6) is -0.598. The third kappa shape index (κ3) is 5.50. The molecule has 0 bridgehead atoms. The molecule has 0 spiro atoms. The summed E-state index contributed by atoms with van der Waals surface area (Å²) < 4.78 is 41.0. The van der Waals surface area contributed by atoms with Crippen LogP contribution in [0.4, 0.5) is 18.9 Å². The monoisotopic (exact) mass is 370 g/mol. The van der Waals surface area contributed by atoms with Crippen LogP contribution in [0.3, 0.4) is 0 Å². The van der Waals surface area contributed by atoms with E-state index >= 15 is 0 Å². The lowest BCUT2D eigenvalue weighted by Gasteiger charge is -2.22. The van der Waals surface area contributed by atoms with Crippen molar-refractivity contribution >= 4 is 17.5 Å². The van der Waals surface area contributed by atoms with Crippen LogP contribution < -0.4 is 9.64 Å². The third-order valence-corrected chi connectivity index (χ3v) is 3.86. The number of hydrogen-bond acceptors (Lipinski definition) is 3. The average Bonchev–Trinajstić information content (AvgIpc) is 2.93. The second-order valence-electron chi connectivity index (χ2n) is 6.00. The number of anilines is 1. The predicted molar refractivity (Wildman–Crippen MR) is 92.5 cm³/mol. The van der Waals surface area contributed by atoms with Gasteiger partial charge in [0, 0.05) is 30.4 Å². The van der Waals surface area contributed by atoms with Gasteiger partial charge in [-0.05, 0) is 43.5 Å². The van der Waals surface area contributed by atoms with E-state index in [1.807, 2.05) is 11.8 Å². The molecule has 1 heterocycles. The van der Waals surface area contributed by atoms with Crippen LogP contribution in [0.15, 0.2) is 35.0 Å². The molecular weight excluding hydrogens is 349 g/mol. The largest absolute Gasteiger partial charge is 0.573 e. The van der Waals surface area contributed by atoms with Crippen molar-refractivity contribution in [2.75, 3.05) is 11.4 Å². The molecule has 1 aliphatic rings. The standard InChI is InChI=1S/C18H21F3N2O3/c1-3-5-13(11-17(24)25)22-16-6-4-9-23(16)15-8-7-14(10-12(15)2)26-18(19,20)21/h7-8,10-11H,3-6,9H2,1-2H3,(H,24,25). The van der Waals surface area contributed by atoms with Gasteiger partial charge in [-0.1, -0.05) is 13.3 Å². The number of aliphatic carboxylic acids is 1. The van der Waals surface area contributed by atoms with Crippen LogP contribution in [-0.4, -0.2) is 29.8 Å². The van der Waals surface area contributed by atoms with Gasteiger partial charge in [-0.25, -0.2) is 9.79 Å². The summed E-state index contributed by atoms with van der Waals surface area (Å²) in [6, 6.07) is 4.17. The number of aryl methyl sites for hydroxylation is 1. The van der Waals surface area contributed by atoms with E-state index in [0.717, 1.165) is 30.4 Å². The maximum atomic E-state index is 12.4. The van der Waals surface area contributed by atoms with Gasteiger partial charge in [0.05, 0.1) is 0 Å². The molecule has 2 rings (SSSR count). The number of amidine groups is 1. The van der Waals surface area contributed by atoms with Crippen LogP contribution >= 0.6 is 0 Å². The van der Waals surface area contributed by atoms with E-state index in [2.05, 4.69) is 9.73 Å². The van der Waals surface area contributed by atoms with Gasteiger partial charge in [-0.2, -0.15) is 0 Å². The van der Waals surface area contributed by atoms with Gasteiger partial charge in [0.15, 0.2) is 0 Å². The van der Waals surface area contributed by atoms with Crippen LogP contribution in [0.5, 0.6) is 5.75 Å². The molecular formula is C18H21F3N2O3. The van der Waals surface area contributed by atoms with E-state index in [4.69, 9.17) is 5.11 Å². The molecule has 1 saturated heterocycles. The molecule has 8 heteroatoms. The summed E-state index contributed by atoms with van der Waals surface area (Å²) in [4.78, 5) is 17.4. The van der Waals surface area contributed by atoms with Gasteiger partial charge in [0.1, 0.15) is 11.6 Å². The van der Waals surface area contributed by atoms with Crippen molar-refractivity contribution in [3.8, 4) is 5.75 Å². The van der Waals surface area contributed by atoms with Crippen LogP contribution in [0.25, 0.3) is 0 Å². The highest BCUT2D eigenvalue weighted by molar-refractivity contribution is 6.01. The second kappa shape index (κ2) is 8.25. The topological polar surface area (TPSA) is 62.1 Å². The number of hydrogen-bond donors (Lipinski definition) is 1. The normalized spacial score (nSPS) is 17.0. The fraction of sp³-hybridized carbons (Fsp3) is 0.444. The van der Waals surface area contributed by atoms with Crippen LogP contribution in [0, 0.1) is 6.92 Å². The number of carboxylic acids is 1. The fourth-order valence-electron chi connectivity index (χ4n) is 2.89.